The number of likely N-dealkylation sites (tertiary alicyclic amines) is 1. The zero-order chi connectivity index (χ0) is 14.4. The summed E-state index contributed by atoms with van der Waals surface area (Å²) in [5.74, 6) is 0.812. The van der Waals surface area contributed by atoms with Gasteiger partial charge in [-0.05, 0) is 76.3 Å². The number of anilines is 1. The lowest BCUT2D eigenvalue weighted by Crippen LogP contribution is -2.18. The molecule has 2 N–H and O–H groups in total. The number of rotatable bonds is 6. The molecule has 0 saturated carbocycles. The zero-order valence-electron chi connectivity index (χ0n) is 11.9. The first-order valence-electron chi connectivity index (χ1n) is 6.91. The summed E-state index contributed by atoms with van der Waals surface area (Å²) in [4.78, 5) is 2.48. The van der Waals surface area contributed by atoms with Crippen LogP contribution in [0.3, 0.4) is 0 Å². The highest BCUT2D eigenvalue weighted by Crippen LogP contribution is 2.35. The van der Waals surface area contributed by atoms with Gasteiger partial charge in [0.2, 0.25) is 0 Å². The predicted octanol–water partition coefficient (Wildman–Crippen LogP) is 4.79. The van der Waals surface area contributed by atoms with Crippen LogP contribution in [0.5, 0.6) is 5.75 Å². The summed E-state index contributed by atoms with van der Waals surface area (Å²) in [5.41, 5.74) is 6.46. The highest BCUT2D eigenvalue weighted by Gasteiger charge is 2.09. The van der Waals surface area contributed by atoms with Gasteiger partial charge >= 0.3 is 0 Å². The molecule has 0 unspecified atom stereocenters. The molecule has 6 heteroatoms. The topological polar surface area (TPSA) is 38.5 Å². The summed E-state index contributed by atoms with van der Waals surface area (Å²) >= 11 is 6.93. The molecule has 3 nitrogen and oxygen atoms in total. The molecule has 21 heavy (non-hydrogen) atoms. The van der Waals surface area contributed by atoms with Crippen molar-refractivity contribution in [3.05, 3.63) is 33.2 Å². The fourth-order valence-corrected chi connectivity index (χ4v) is 3.70. The lowest BCUT2D eigenvalue weighted by molar-refractivity contribution is 0.320. The molecule has 0 radical (unpaired) electrons. The molecule has 1 aliphatic rings. The van der Waals surface area contributed by atoms with E-state index in [0.717, 1.165) is 27.7 Å². The number of hydrogen-bond acceptors (Lipinski definition) is 3. The summed E-state index contributed by atoms with van der Waals surface area (Å²) in [6.45, 7) is 4.21. The minimum absolute atomic E-state index is 0. The van der Waals surface area contributed by atoms with Crippen LogP contribution < -0.4 is 10.5 Å². The van der Waals surface area contributed by atoms with Crippen molar-refractivity contribution in [1.29, 1.82) is 0 Å². The van der Waals surface area contributed by atoms with E-state index >= 15 is 0 Å². The highest BCUT2D eigenvalue weighted by atomic mass is 79.9. The molecule has 1 aliphatic heterocycles. The second-order valence-electron chi connectivity index (χ2n) is 4.93. The maximum Gasteiger partial charge on any atom is 0.147 e. The van der Waals surface area contributed by atoms with Gasteiger partial charge in [-0.25, -0.2) is 0 Å². The summed E-state index contributed by atoms with van der Waals surface area (Å²) in [6, 6.07) is 3.70. The van der Waals surface area contributed by atoms with Crippen LogP contribution >= 0.6 is 48.8 Å². The first kappa shape index (κ1) is 19.0. The van der Waals surface area contributed by atoms with Crippen molar-refractivity contribution in [3.8, 4) is 5.75 Å². The average Bonchev–Trinajstić information content (AvgIpc) is 2.89. The maximum atomic E-state index is 5.78. The van der Waals surface area contributed by atoms with E-state index in [1.807, 2.05) is 12.1 Å². The second-order valence-corrected chi connectivity index (χ2v) is 6.64. The third-order valence-electron chi connectivity index (χ3n) is 3.28. The number of ether oxygens (including phenoxy) is 1. The van der Waals surface area contributed by atoms with Crippen molar-refractivity contribution >= 4 is 54.5 Å². The SMILES string of the molecule is Br.Nc1cc(Br)c(OCCC=CCN2CCCC2)c(Br)c1. The Morgan fingerprint density at radius 2 is 1.76 bits per heavy atom. The number of nitrogens with two attached hydrogens (primary N) is 1. The van der Waals surface area contributed by atoms with Crippen molar-refractivity contribution in [2.75, 3.05) is 32.0 Å². The van der Waals surface area contributed by atoms with E-state index in [2.05, 4.69) is 48.9 Å². The van der Waals surface area contributed by atoms with Crippen LogP contribution in [0.4, 0.5) is 5.69 Å². The van der Waals surface area contributed by atoms with Crippen LogP contribution in [0.2, 0.25) is 0 Å². The van der Waals surface area contributed by atoms with Gasteiger partial charge in [0.15, 0.2) is 0 Å². The van der Waals surface area contributed by atoms with Crippen LogP contribution in [0.25, 0.3) is 0 Å². The monoisotopic (exact) mass is 482 g/mol. The van der Waals surface area contributed by atoms with Crippen molar-refractivity contribution in [2.45, 2.75) is 19.3 Å². The first-order chi connectivity index (χ1) is 9.66. The molecule has 1 heterocycles. The number of hydrogen-bond donors (Lipinski definition) is 1. The van der Waals surface area contributed by atoms with Crippen molar-refractivity contribution < 1.29 is 4.74 Å². The normalized spacial score (nSPS) is 15.3. The Morgan fingerprint density at radius 3 is 2.38 bits per heavy atom. The molecule has 2 rings (SSSR count). The Bertz CT molecular complexity index is 451. The van der Waals surface area contributed by atoms with Crippen LogP contribution in [0.15, 0.2) is 33.2 Å². The molecule has 0 amide bonds. The quantitative estimate of drug-likeness (QED) is 0.358. The minimum atomic E-state index is 0. The summed E-state index contributed by atoms with van der Waals surface area (Å²) in [7, 11) is 0. The molecule has 1 saturated heterocycles. The Kier molecular flexibility index (Phi) is 8.94. The summed E-state index contributed by atoms with van der Waals surface area (Å²) in [6.07, 6.45) is 8.03. The molecular weight excluding hydrogens is 464 g/mol. The van der Waals surface area contributed by atoms with Gasteiger partial charge in [-0.2, -0.15) is 0 Å². The minimum Gasteiger partial charge on any atom is -0.491 e. The fraction of sp³-hybridized carbons (Fsp3) is 0.467. The molecule has 1 aromatic carbocycles. The van der Waals surface area contributed by atoms with E-state index in [9.17, 15) is 0 Å². The van der Waals surface area contributed by atoms with Crippen LogP contribution in [-0.2, 0) is 0 Å². The Labute approximate surface area is 153 Å². The van der Waals surface area contributed by atoms with Gasteiger partial charge < -0.3 is 10.5 Å². The van der Waals surface area contributed by atoms with E-state index in [4.69, 9.17) is 10.5 Å². The molecular formula is C15H21Br3N2O. The molecule has 0 aromatic heterocycles. The number of nitrogen functional groups attached to an aromatic ring is 1. The standard InChI is InChI=1S/C15H20Br2N2O.BrH/c16-13-10-12(18)11-14(17)15(13)20-9-5-1-2-6-19-7-3-4-8-19;/h1-2,10-11H,3-9,18H2;1H. The third-order valence-corrected chi connectivity index (χ3v) is 4.46. The molecule has 0 aliphatic carbocycles. The lowest BCUT2D eigenvalue weighted by atomic mass is 10.3. The molecule has 0 atom stereocenters. The largest absolute Gasteiger partial charge is 0.491 e. The molecule has 0 spiro atoms. The summed E-state index contributed by atoms with van der Waals surface area (Å²) in [5, 5.41) is 0. The Hall–Kier alpha value is -0.0400. The van der Waals surface area contributed by atoms with E-state index in [0.29, 0.717) is 12.3 Å². The first-order valence-corrected chi connectivity index (χ1v) is 8.50. The van der Waals surface area contributed by atoms with Crippen LogP contribution in [0.1, 0.15) is 19.3 Å². The molecule has 0 bridgehead atoms. The van der Waals surface area contributed by atoms with Crippen molar-refractivity contribution in [1.82, 2.24) is 4.90 Å². The van der Waals surface area contributed by atoms with E-state index in [1.165, 1.54) is 25.9 Å². The second kappa shape index (κ2) is 9.87. The van der Waals surface area contributed by atoms with Gasteiger partial charge in [-0.15, -0.1) is 17.0 Å². The summed E-state index contributed by atoms with van der Waals surface area (Å²) < 4.78 is 7.54. The van der Waals surface area contributed by atoms with Gasteiger partial charge in [0, 0.05) is 12.2 Å². The van der Waals surface area contributed by atoms with E-state index in [1.54, 1.807) is 0 Å². The Morgan fingerprint density at radius 1 is 1.14 bits per heavy atom. The zero-order valence-corrected chi connectivity index (χ0v) is 16.7. The van der Waals surface area contributed by atoms with Crippen molar-refractivity contribution in [3.63, 3.8) is 0 Å². The predicted molar refractivity (Wildman–Crippen MR) is 102 cm³/mol. The molecule has 1 fully saturated rings. The molecule has 1 aromatic rings. The van der Waals surface area contributed by atoms with E-state index in [-0.39, 0.29) is 17.0 Å². The van der Waals surface area contributed by atoms with Gasteiger partial charge in [0.25, 0.3) is 0 Å². The molecule has 118 valence electrons. The highest BCUT2D eigenvalue weighted by molar-refractivity contribution is 9.11. The fourth-order valence-electron chi connectivity index (χ4n) is 2.25. The van der Waals surface area contributed by atoms with Gasteiger partial charge in [0.05, 0.1) is 15.6 Å². The van der Waals surface area contributed by atoms with Gasteiger partial charge in [0.1, 0.15) is 5.75 Å². The van der Waals surface area contributed by atoms with E-state index < -0.39 is 0 Å². The van der Waals surface area contributed by atoms with Gasteiger partial charge in [-0.1, -0.05) is 12.2 Å². The Balaban J connectivity index is 0.00000220. The lowest BCUT2D eigenvalue weighted by Gasteiger charge is -2.11. The number of nitrogens with zero attached hydrogens (tertiary/aromatic N) is 1. The smallest absolute Gasteiger partial charge is 0.147 e. The third kappa shape index (κ3) is 6.30. The maximum absolute atomic E-state index is 5.78. The number of halogens is 3. The van der Waals surface area contributed by atoms with Crippen molar-refractivity contribution in [2.24, 2.45) is 0 Å². The average molecular weight is 485 g/mol. The van der Waals surface area contributed by atoms with Crippen LogP contribution in [0, 0.1) is 0 Å². The van der Waals surface area contributed by atoms with Crippen LogP contribution in [-0.4, -0.2) is 31.1 Å². The van der Waals surface area contributed by atoms with Gasteiger partial charge in [-0.3, -0.25) is 4.90 Å². The number of benzene rings is 1.